The molecule has 1 heterocycles. The Hall–Kier alpha value is -1.92. The number of aryl methyl sites for hydroxylation is 1. The van der Waals surface area contributed by atoms with Crippen LogP contribution in [0.4, 0.5) is 5.69 Å². The van der Waals surface area contributed by atoms with Gasteiger partial charge in [0.05, 0.1) is 4.92 Å². The SMILES string of the molecule is Cc1ccc([C@H](C)NCc2cc(O)ccc2[N+](=O)[O-])s1. The van der Waals surface area contributed by atoms with E-state index in [2.05, 4.69) is 17.4 Å². The maximum absolute atomic E-state index is 10.9. The molecule has 2 aromatic rings. The van der Waals surface area contributed by atoms with Crippen molar-refractivity contribution in [3.05, 3.63) is 55.8 Å². The lowest BCUT2D eigenvalue weighted by Crippen LogP contribution is -2.17. The van der Waals surface area contributed by atoms with Gasteiger partial charge < -0.3 is 10.4 Å². The Balaban J connectivity index is 2.10. The summed E-state index contributed by atoms with van der Waals surface area (Å²) < 4.78 is 0. The van der Waals surface area contributed by atoms with Crippen LogP contribution in [0.25, 0.3) is 0 Å². The van der Waals surface area contributed by atoms with Gasteiger partial charge in [-0.15, -0.1) is 11.3 Å². The van der Waals surface area contributed by atoms with Crippen molar-refractivity contribution in [3.63, 3.8) is 0 Å². The fourth-order valence-corrected chi connectivity index (χ4v) is 2.85. The minimum atomic E-state index is -0.434. The fourth-order valence-electron chi connectivity index (χ4n) is 1.94. The number of nitro groups is 1. The topological polar surface area (TPSA) is 75.4 Å². The molecule has 0 radical (unpaired) electrons. The quantitative estimate of drug-likeness (QED) is 0.653. The Morgan fingerprint density at radius 2 is 2.15 bits per heavy atom. The minimum Gasteiger partial charge on any atom is -0.508 e. The lowest BCUT2D eigenvalue weighted by molar-refractivity contribution is -0.385. The van der Waals surface area contributed by atoms with Crippen LogP contribution in [0.15, 0.2) is 30.3 Å². The van der Waals surface area contributed by atoms with E-state index in [1.807, 2.05) is 13.8 Å². The van der Waals surface area contributed by atoms with Crippen LogP contribution in [0.2, 0.25) is 0 Å². The van der Waals surface area contributed by atoms with Crippen LogP contribution >= 0.6 is 11.3 Å². The van der Waals surface area contributed by atoms with E-state index in [1.54, 1.807) is 11.3 Å². The molecule has 106 valence electrons. The van der Waals surface area contributed by atoms with Crippen LogP contribution in [0.3, 0.4) is 0 Å². The van der Waals surface area contributed by atoms with Crippen molar-refractivity contribution in [2.24, 2.45) is 0 Å². The van der Waals surface area contributed by atoms with Crippen LogP contribution < -0.4 is 5.32 Å². The first kappa shape index (κ1) is 14.5. The van der Waals surface area contributed by atoms with Gasteiger partial charge in [-0.3, -0.25) is 10.1 Å². The van der Waals surface area contributed by atoms with E-state index in [0.29, 0.717) is 12.1 Å². The van der Waals surface area contributed by atoms with Crippen molar-refractivity contribution in [2.75, 3.05) is 0 Å². The maximum atomic E-state index is 10.9. The number of hydrogen-bond donors (Lipinski definition) is 2. The predicted molar refractivity (Wildman–Crippen MR) is 79.1 cm³/mol. The zero-order valence-electron chi connectivity index (χ0n) is 11.3. The first-order valence-electron chi connectivity index (χ1n) is 6.23. The van der Waals surface area contributed by atoms with E-state index in [4.69, 9.17) is 0 Å². The van der Waals surface area contributed by atoms with Crippen molar-refractivity contribution in [1.82, 2.24) is 5.32 Å². The highest BCUT2D eigenvalue weighted by Crippen LogP contribution is 2.26. The summed E-state index contributed by atoms with van der Waals surface area (Å²) in [7, 11) is 0. The van der Waals surface area contributed by atoms with Gasteiger partial charge in [0.2, 0.25) is 0 Å². The molecule has 0 unspecified atom stereocenters. The van der Waals surface area contributed by atoms with Crippen LogP contribution in [-0.4, -0.2) is 10.0 Å². The number of thiophene rings is 1. The van der Waals surface area contributed by atoms with Crippen molar-refractivity contribution in [1.29, 1.82) is 0 Å². The number of hydrogen-bond acceptors (Lipinski definition) is 5. The summed E-state index contributed by atoms with van der Waals surface area (Å²) in [5.74, 6) is 0.0343. The van der Waals surface area contributed by atoms with Gasteiger partial charge in [0.15, 0.2) is 0 Å². The van der Waals surface area contributed by atoms with Crippen molar-refractivity contribution in [2.45, 2.75) is 26.4 Å². The number of rotatable bonds is 5. The van der Waals surface area contributed by atoms with E-state index in [-0.39, 0.29) is 17.5 Å². The summed E-state index contributed by atoms with van der Waals surface area (Å²) >= 11 is 1.70. The minimum absolute atomic E-state index is 0.0184. The zero-order chi connectivity index (χ0) is 14.7. The third-order valence-corrected chi connectivity index (χ3v) is 4.23. The van der Waals surface area contributed by atoms with Crippen LogP contribution in [0.5, 0.6) is 5.75 Å². The van der Waals surface area contributed by atoms with Gasteiger partial charge in [-0.1, -0.05) is 0 Å². The molecule has 2 N–H and O–H groups in total. The predicted octanol–water partition coefficient (Wildman–Crippen LogP) is 3.52. The molecule has 0 saturated carbocycles. The Morgan fingerprint density at radius 3 is 2.75 bits per heavy atom. The summed E-state index contributed by atoms with van der Waals surface area (Å²) in [6.45, 7) is 4.39. The number of aromatic hydroxyl groups is 1. The Labute approximate surface area is 121 Å². The van der Waals surface area contributed by atoms with E-state index in [0.717, 1.165) is 0 Å². The normalized spacial score (nSPS) is 12.3. The molecule has 0 aliphatic carbocycles. The van der Waals surface area contributed by atoms with Gasteiger partial charge in [-0.2, -0.15) is 0 Å². The molecule has 1 aromatic carbocycles. The lowest BCUT2D eigenvalue weighted by Gasteiger charge is -2.12. The van der Waals surface area contributed by atoms with E-state index in [1.165, 1.54) is 28.0 Å². The summed E-state index contributed by atoms with van der Waals surface area (Å²) in [6, 6.07) is 8.29. The summed E-state index contributed by atoms with van der Waals surface area (Å²) in [5, 5.41) is 23.7. The molecule has 2 rings (SSSR count). The maximum Gasteiger partial charge on any atom is 0.274 e. The zero-order valence-corrected chi connectivity index (χ0v) is 12.1. The highest BCUT2D eigenvalue weighted by atomic mass is 32.1. The molecular weight excluding hydrogens is 276 g/mol. The number of phenols is 1. The fraction of sp³-hybridized carbons (Fsp3) is 0.286. The Kier molecular flexibility index (Phi) is 4.36. The Bertz CT molecular complexity index is 625. The molecule has 0 fully saturated rings. The van der Waals surface area contributed by atoms with Gasteiger partial charge in [0, 0.05) is 34.0 Å². The largest absolute Gasteiger partial charge is 0.508 e. The second kappa shape index (κ2) is 6.02. The van der Waals surface area contributed by atoms with Crippen LogP contribution in [0, 0.1) is 17.0 Å². The number of benzene rings is 1. The molecule has 20 heavy (non-hydrogen) atoms. The highest BCUT2D eigenvalue weighted by Gasteiger charge is 2.15. The third kappa shape index (κ3) is 3.34. The van der Waals surface area contributed by atoms with Gasteiger partial charge in [-0.25, -0.2) is 0 Å². The molecule has 1 aromatic heterocycles. The molecule has 5 nitrogen and oxygen atoms in total. The monoisotopic (exact) mass is 292 g/mol. The average molecular weight is 292 g/mol. The first-order chi connectivity index (χ1) is 9.47. The van der Waals surface area contributed by atoms with Gasteiger partial charge in [0.25, 0.3) is 5.69 Å². The van der Waals surface area contributed by atoms with Crippen molar-refractivity contribution in [3.8, 4) is 5.75 Å². The second-order valence-electron chi connectivity index (χ2n) is 4.62. The molecule has 0 saturated heterocycles. The number of nitrogens with one attached hydrogen (secondary N) is 1. The molecule has 0 spiro atoms. The molecular formula is C14H16N2O3S. The molecule has 0 aliphatic heterocycles. The van der Waals surface area contributed by atoms with Crippen molar-refractivity contribution < 1.29 is 10.0 Å². The third-order valence-electron chi connectivity index (χ3n) is 3.05. The van der Waals surface area contributed by atoms with Crippen LogP contribution in [0.1, 0.15) is 28.3 Å². The average Bonchev–Trinajstić information content (AvgIpc) is 2.82. The second-order valence-corrected chi connectivity index (χ2v) is 5.94. The number of nitro benzene ring substituents is 1. The molecule has 6 heteroatoms. The highest BCUT2D eigenvalue weighted by molar-refractivity contribution is 7.12. The lowest BCUT2D eigenvalue weighted by atomic mass is 10.1. The van der Waals surface area contributed by atoms with Gasteiger partial charge in [-0.05, 0) is 38.1 Å². The summed E-state index contributed by atoms with van der Waals surface area (Å²) in [6.07, 6.45) is 0. The van der Waals surface area contributed by atoms with Gasteiger partial charge in [0.1, 0.15) is 5.75 Å². The molecule has 0 amide bonds. The Morgan fingerprint density at radius 1 is 1.40 bits per heavy atom. The molecule has 1 atom stereocenters. The summed E-state index contributed by atoms with van der Waals surface area (Å²) in [4.78, 5) is 12.9. The number of phenolic OH excluding ortho intramolecular Hbond substituents is 1. The summed E-state index contributed by atoms with van der Waals surface area (Å²) in [5.41, 5.74) is 0.500. The van der Waals surface area contributed by atoms with Gasteiger partial charge >= 0.3 is 0 Å². The molecule has 0 bridgehead atoms. The van der Waals surface area contributed by atoms with E-state index < -0.39 is 4.92 Å². The smallest absolute Gasteiger partial charge is 0.274 e. The van der Waals surface area contributed by atoms with E-state index in [9.17, 15) is 15.2 Å². The first-order valence-corrected chi connectivity index (χ1v) is 7.05. The molecule has 0 aliphatic rings. The standard InChI is InChI=1S/C14H16N2O3S/c1-9-3-6-14(20-9)10(2)15-8-11-7-12(17)4-5-13(11)16(18)19/h3-7,10,15,17H,8H2,1-2H3/t10-/m0/s1. The number of nitrogens with zero attached hydrogens (tertiary/aromatic N) is 1. The van der Waals surface area contributed by atoms with Crippen molar-refractivity contribution >= 4 is 17.0 Å². The van der Waals surface area contributed by atoms with Crippen LogP contribution in [-0.2, 0) is 6.54 Å². The van der Waals surface area contributed by atoms with E-state index >= 15 is 0 Å².